The van der Waals surface area contributed by atoms with Crippen LogP contribution >= 0.6 is 0 Å². The Kier molecular flexibility index (Phi) is 5.67. The molecule has 1 unspecified atom stereocenters. The quantitative estimate of drug-likeness (QED) is 0.663. The summed E-state index contributed by atoms with van der Waals surface area (Å²) < 4.78 is 12.9. The number of rotatable bonds is 6. The van der Waals surface area contributed by atoms with Gasteiger partial charge in [-0.3, -0.25) is 0 Å². The lowest BCUT2D eigenvalue weighted by Crippen LogP contribution is -2.54. The maximum absolute atomic E-state index is 6.44. The first-order chi connectivity index (χ1) is 6.90. The van der Waals surface area contributed by atoms with Crippen molar-refractivity contribution < 1.29 is 8.23 Å². The van der Waals surface area contributed by atoms with Crippen molar-refractivity contribution in [2.75, 3.05) is 0 Å². The third kappa shape index (κ3) is 6.34. The minimum atomic E-state index is -2.00. The van der Waals surface area contributed by atoms with E-state index < -0.39 is 25.2 Å². The molecule has 5 heteroatoms. The first-order valence-corrected chi connectivity index (χ1v) is 15.5. The van der Waals surface area contributed by atoms with Crippen molar-refractivity contribution in [3.05, 3.63) is 0 Å². The van der Waals surface area contributed by atoms with Crippen molar-refractivity contribution >= 4 is 25.2 Å². The fourth-order valence-electron chi connectivity index (χ4n) is 1.81. The molecule has 0 rings (SSSR count). The van der Waals surface area contributed by atoms with E-state index in [9.17, 15) is 0 Å². The Hall–Kier alpha value is 0.571. The van der Waals surface area contributed by atoms with Crippen molar-refractivity contribution in [1.82, 2.24) is 0 Å². The molecule has 0 aliphatic carbocycles. The van der Waals surface area contributed by atoms with E-state index in [2.05, 4.69) is 59.7 Å². The van der Waals surface area contributed by atoms with Gasteiger partial charge in [-0.2, -0.15) is 0 Å². The first kappa shape index (κ1) is 16.6. The molecule has 0 amide bonds. The second kappa shape index (κ2) is 5.48. The van der Waals surface area contributed by atoms with E-state index in [1.165, 1.54) is 0 Å². The van der Waals surface area contributed by atoms with Crippen LogP contribution in [-0.4, -0.2) is 25.2 Å². The Morgan fingerprint density at radius 2 is 1.12 bits per heavy atom. The summed E-state index contributed by atoms with van der Waals surface area (Å²) >= 11 is 0. The van der Waals surface area contributed by atoms with Crippen molar-refractivity contribution in [2.24, 2.45) is 0 Å². The fraction of sp³-hybridized carbons (Fsp3) is 1.00. The maximum Gasteiger partial charge on any atom is 0.317 e. The molecule has 0 saturated carbocycles. The average Bonchev–Trinajstić information content (AvgIpc) is 1.95. The maximum atomic E-state index is 6.44. The van der Waals surface area contributed by atoms with Crippen LogP contribution in [0.2, 0.25) is 51.4 Å². The minimum absolute atomic E-state index is 0.575. The van der Waals surface area contributed by atoms with E-state index in [0.717, 1.165) is 6.42 Å². The molecule has 98 valence electrons. The van der Waals surface area contributed by atoms with Gasteiger partial charge in [-0.25, -0.2) is 0 Å². The largest absolute Gasteiger partial charge is 0.436 e. The summed E-state index contributed by atoms with van der Waals surface area (Å²) in [7, 11) is -5.03. The standard InChI is InChI=1S/C11H30O2Si3/c1-10-11(2)16(9,12-14(3,4)5)13-15(6,7)8/h11H,10H2,1-9H3. The van der Waals surface area contributed by atoms with Crippen LogP contribution in [-0.2, 0) is 8.23 Å². The highest BCUT2D eigenvalue weighted by molar-refractivity contribution is 6.88. The van der Waals surface area contributed by atoms with Crippen LogP contribution in [0.1, 0.15) is 20.3 Å². The third-order valence-corrected chi connectivity index (χ3v) is 12.9. The topological polar surface area (TPSA) is 18.5 Å². The third-order valence-electron chi connectivity index (χ3n) is 2.53. The van der Waals surface area contributed by atoms with Crippen LogP contribution < -0.4 is 0 Å². The van der Waals surface area contributed by atoms with Crippen LogP contribution in [0.4, 0.5) is 0 Å². The molecule has 0 aliphatic rings. The van der Waals surface area contributed by atoms with Crippen LogP contribution in [0, 0.1) is 0 Å². The molecule has 0 fully saturated rings. The molecule has 0 bridgehead atoms. The second-order valence-corrected chi connectivity index (χ2v) is 19.9. The summed E-state index contributed by atoms with van der Waals surface area (Å²) in [5.41, 5.74) is 0.575. The van der Waals surface area contributed by atoms with Gasteiger partial charge in [0.1, 0.15) is 0 Å². The molecule has 2 nitrogen and oxygen atoms in total. The van der Waals surface area contributed by atoms with Crippen LogP contribution in [0.3, 0.4) is 0 Å². The SMILES string of the molecule is CCC(C)[Si](C)(O[Si](C)(C)C)O[Si](C)(C)C. The molecule has 0 N–H and O–H groups in total. The Morgan fingerprint density at radius 1 is 0.812 bits per heavy atom. The molecule has 0 radical (unpaired) electrons. The molecule has 0 aromatic heterocycles. The zero-order chi connectivity index (χ0) is 13.2. The molecule has 0 heterocycles. The van der Waals surface area contributed by atoms with Gasteiger partial charge in [0.2, 0.25) is 0 Å². The van der Waals surface area contributed by atoms with Crippen molar-refractivity contribution in [3.8, 4) is 0 Å². The van der Waals surface area contributed by atoms with Gasteiger partial charge in [-0.1, -0.05) is 20.3 Å². The van der Waals surface area contributed by atoms with Gasteiger partial charge in [-0.05, 0) is 51.4 Å². The minimum Gasteiger partial charge on any atom is -0.436 e. The van der Waals surface area contributed by atoms with Crippen LogP contribution in [0.25, 0.3) is 0 Å². The monoisotopic (exact) mass is 278 g/mol. The van der Waals surface area contributed by atoms with Crippen molar-refractivity contribution in [2.45, 2.75) is 71.6 Å². The van der Waals surface area contributed by atoms with Gasteiger partial charge < -0.3 is 8.23 Å². The Morgan fingerprint density at radius 3 is 1.31 bits per heavy atom. The van der Waals surface area contributed by atoms with E-state index in [0.29, 0.717) is 5.54 Å². The average molecular weight is 279 g/mol. The Bertz CT molecular complexity index is 202. The first-order valence-electron chi connectivity index (χ1n) is 6.30. The van der Waals surface area contributed by atoms with E-state index in [1.54, 1.807) is 0 Å². The highest BCUT2D eigenvalue weighted by Gasteiger charge is 2.43. The highest BCUT2D eigenvalue weighted by Crippen LogP contribution is 2.32. The molecular weight excluding hydrogens is 248 g/mol. The highest BCUT2D eigenvalue weighted by atomic mass is 28.5. The lowest BCUT2D eigenvalue weighted by atomic mass is 10.4. The fourth-order valence-corrected chi connectivity index (χ4v) is 14.4. The predicted molar refractivity (Wildman–Crippen MR) is 80.2 cm³/mol. The van der Waals surface area contributed by atoms with Gasteiger partial charge >= 0.3 is 8.56 Å². The lowest BCUT2D eigenvalue weighted by Gasteiger charge is -2.41. The molecule has 0 aliphatic heterocycles. The molecule has 0 spiro atoms. The molecular formula is C11H30O2Si3. The summed E-state index contributed by atoms with van der Waals surface area (Å²) in [6, 6.07) is 0. The lowest BCUT2D eigenvalue weighted by molar-refractivity contribution is 0.364. The van der Waals surface area contributed by atoms with E-state index in [-0.39, 0.29) is 0 Å². The van der Waals surface area contributed by atoms with Gasteiger partial charge in [0, 0.05) is 0 Å². The van der Waals surface area contributed by atoms with Crippen LogP contribution in [0.15, 0.2) is 0 Å². The van der Waals surface area contributed by atoms with E-state index >= 15 is 0 Å². The molecule has 0 aromatic rings. The molecule has 16 heavy (non-hydrogen) atoms. The summed E-state index contributed by atoms with van der Waals surface area (Å²) in [6.07, 6.45) is 1.15. The van der Waals surface area contributed by atoms with E-state index in [4.69, 9.17) is 8.23 Å². The normalized spacial score (nSPS) is 16.3. The zero-order valence-corrected chi connectivity index (χ0v) is 15.6. The second-order valence-electron chi connectivity index (χ2n) is 6.75. The number of hydrogen-bond acceptors (Lipinski definition) is 2. The predicted octanol–water partition coefficient (Wildman–Crippen LogP) is 4.56. The van der Waals surface area contributed by atoms with Gasteiger partial charge in [-0.15, -0.1) is 0 Å². The van der Waals surface area contributed by atoms with Gasteiger partial charge in [0.15, 0.2) is 16.6 Å². The number of hydrogen-bond donors (Lipinski definition) is 0. The molecule has 1 atom stereocenters. The summed E-state index contributed by atoms with van der Waals surface area (Å²) in [4.78, 5) is 0. The smallest absolute Gasteiger partial charge is 0.317 e. The zero-order valence-electron chi connectivity index (χ0n) is 12.6. The van der Waals surface area contributed by atoms with Gasteiger partial charge in [0.05, 0.1) is 0 Å². The molecule has 0 saturated heterocycles. The van der Waals surface area contributed by atoms with Gasteiger partial charge in [0.25, 0.3) is 0 Å². The van der Waals surface area contributed by atoms with Crippen molar-refractivity contribution in [3.63, 3.8) is 0 Å². The van der Waals surface area contributed by atoms with E-state index in [1.807, 2.05) is 0 Å². The Labute approximate surface area is 105 Å². The van der Waals surface area contributed by atoms with Crippen LogP contribution in [0.5, 0.6) is 0 Å². The Balaban J connectivity index is 4.90. The summed E-state index contributed by atoms with van der Waals surface area (Å²) in [5.74, 6) is 0. The summed E-state index contributed by atoms with van der Waals surface area (Å²) in [6.45, 7) is 20.3. The summed E-state index contributed by atoms with van der Waals surface area (Å²) in [5, 5.41) is 0. The van der Waals surface area contributed by atoms with Crippen molar-refractivity contribution in [1.29, 1.82) is 0 Å². The molecule has 0 aromatic carbocycles.